The van der Waals surface area contributed by atoms with Crippen molar-refractivity contribution in [2.45, 2.75) is 6.04 Å². The second kappa shape index (κ2) is 9.68. The number of amides is 1. The molecule has 1 unspecified atom stereocenters. The molecule has 0 spiro atoms. The van der Waals surface area contributed by atoms with Crippen LogP contribution in [0.2, 0.25) is 5.02 Å². The minimum atomic E-state index is -1.19. The van der Waals surface area contributed by atoms with Gasteiger partial charge in [-0.05, 0) is 54.1 Å². The molecule has 2 N–H and O–H groups in total. The van der Waals surface area contributed by atoms with Gasteiger partial charge in [0.1, 0.15) is 11.3 Å². The first-order valence-corrected chi connectivity index (χ1v) is 11.7. The highest BCUT2D eigenvalue weighted by atomic mass is 35.5. The molecule has 0 aliphatic carbocycles. The predicted octanol–water partition coefficient (Wildman–Crippen LogP) is 5.60. The molecule has 9 nitrogen and oxygen atoms in total. The molecule has 0 saturated heterocycles. The Balaban J connectivity index is 1.73. The van der Waals surface area contributed by atoms with Crippen molar-refractivity contribution in [3.63, 3.8) is 0 Å². The van der Waals surface area contributed by atoms with Crippen LogP contribution in [-0.4, -0.2) is 43.2 Å². The Morgan fingerprint density at radius 1 is 0.947 bits per heavy atom. The molecule has 194 valence electrons. The van der Waals surface area contributed by atoms with Crippen molar-refractivity contribution < 1.29 is 38.4 Å². The molecule has 1 amide bonds. The first-order chi connectivity index (χ1) is 18.3. The molecule has 3 aromatic carbocycles. The summed E-state index contributed by atoms with van der Waals surface area (Å²) in [5.41, 5.74) is 0.589. The molecule has 1 aromatic heterocycles. The quantitative estimate of drug-likeness (QED) is 0.293. The number of aliphatic hydroxyl groups is 1. The second-order valence-corrected chi connectivity index (χ2v) is 8.85. The lowest BCUT2D eigenvalue weighted by molar-refractivity contribution is -0.117. The normalized spacial score (nSPS) is 15.3. The van der Waals surface area contributed by atoms with Gasteiger partial charge in [-0.2, -0.15) is 0 Å². The highest BCUT2D eigenvalue weighted by Gasteiger charge is 2.46. The van der Waals surface area contributed by atoms with Crippen LogP contribution in [0.1, 0.15) is 22.2 Å². The SMILES string of the molecule is COc1cc(C2C(C(=O)c3cc4cc(Cl)ccc4o3)=C(O)C(=O)N2c2ccccc2O)cc(OC)c1OC. The number of carbonyl (C=O) groups is 2. The van der Waals surface area contributed by atoms with Crippen molar-refractivity contribution in [2.75, 3.05) is 26.2 Å². The van der Waals surface area contributed by atoms with Crippen LogP contribution in [0.4, 0.5) is 5.69 Å². The summed E-state index contributed by atoms with van der Waals surface area (Å²) in [4.78, 5) is 28.5. The maximum absolute atomic E-state index is 13.9. The van der Waals surface area contributed by atoms with Crippen molar-refractivity contribution in [1.29, 1.82) is 0 Å². The van der Waals surface area contributed by atoms with E-state index in [0.717, 1.165) is 4.90 Å². The van der Waals surface area contributed by atoms with Crippen LogP contribution >= 0.6 is 11.6 Å². The van der Waals surface area contributed by atoms with E-state index >= 15 is 0 Å². The maximum atomic E-state index is 13.9. The first kappa shape index (κ1) is 25.0. The standard InChI is InChI=1S/C28H22ClNO8/c1-35-21-12-15(13-22(36-2)27(21)37-3)24-23(25(32)20-11-14-10-16(29)8-9-19(14)38-20)26(33)28(34)30(24)17-6-4-5-7-18(17)31/h4-13,24,31,33H,1-3H3. The van der Waals surface area contributed by atoms with Crippen LogP contribution in [0.25, 0.3) is 11.0 Å². The van der Waals surface area contributed by atoms with Gasteiger partial charge in [0.2, 0.25) is 11.5 Å². The number of carbonyl (C=O) groups excluding carboxylic acids is 2. The number of halogens is 1. The molecule has 0 saturated carbocycles. The largest absolute Gasteiger partial charge is 0.506 e. The van der Waals surface area contributed by atoms with Crippen molar-refractivity contribution in [3.05, 3.63) is 88.3 Å². The number of fused-ring (bicyclic) bond motifs is 1. The summed E-state index contributed by atoms with van der Waals surface area (Å²) >= 11 is 6.08. The molecule has 5 rings (SSSR count). The number of nitrogens with zero attached hydrogens (tertiary/aromatic N) is 1. The summed E-state index contributed by atoms with van der Waals surface area (Å²) in [7, 11) is 4.31. The third kappa shape index (κ3) is 3.97. The van der Waals surface area contributed by atoms with Crippen molar-refractivity contribution >= 4 is 39.9 Å². The average molecular weight is 536 g/mol. The minimum Gasteiger partial charge on any atom is -0.506 e. The molecule has 1 aliphatic heterocycles. The van der Waals surface area contributed by atoms with Gasteiger partial charge in [0.05, 0.1) is 38.6 Å². The Labute approximate surface area is 222 Å². The van der Waals surface area contributed by atoms with Crippen molar-refractivity contribution in [1.82, 2.24) is 0 Å². The highest BCUT2D eigenvalue weighted by Crippen LogP contribution is 2.48. The summed E-state index contributed by atoms with van der Waals surface area (Å²) in [6, 6.07) is 14.4. The number of ketones is 1. The number of phenolic OH excluding ortho intramolecular Hbond substituents is 1. The van der Waals surface area contributed by atoms with Crippen LogP contribution in [0.3, 0.4) is 0 Å². The zero-order valence-electron chi connectivity index (χ0n) is 20.5. The van der Waals surface area contributed by atoms with Gasteiger partial charge in [-0.25, -0.2) is 0 Å². The average Bonchev–Trinajstić information content (AvgIpc) is 3.46. The molecule has 0 fully saturated rings. The third-order valence-corrected chi connectivity index (χ3v) is 6.53. The predicted molar refractivity (Wildman–Crippen MR) is 140 cm³/mol. The van der Waals surface area contributed by atoms with E-state index in [1.807, 2.05) is 0 Å². The van der Waals surface area contributed by atoms with E-state index in [1.165, 1.54) is 39.5 Å². The monoisotopic (exact) mass is 535 g/mol. The Bertz CT molecular complexity index is 1600. The van der Waals surface area contributed by atoms with E-state index in [-0.39, 0.29) is 34.3 Å². The molecule has 0 bridgehead atoms. The Hall–Kier alpha value is -4.63. The van der Waals surface area contributed by atoms with Gasteiger partial charge in [-0.1, -0.05) is 23.7 Å². The number of rotatable bonds is 7. The van der Waals surface area contributed by atoms with Crippen molar-refractivity contribution in [3.8, 4) is 23.0 Å². The molecule has 1 aliphatic rings. The lowest BCUT2D eigenvalue weighted by atomic mass is 9.94. The van der Waals surface area contributed by atoms with Crippen LogP contribution in [0.15, 0.2) is 76.4 Å². The molecule has 10 heteroatoms. The van der Waals surface area contributed by atoms with Gasteiger partial charge in [-0.15, -0.1) is 0 Å². The number of aliphatic hydroxyl groups excluding tert-OH is 1. The Kier molecular flexibility index (Phi) is 6.38. The fourth-order valence-corrected chi connectivity index (χ4v) is 4.77. The molecular weight excluding hydrogens is 514 g/mol. The zero-order chi connectivity index (χ0) is 27.1. The van der Waals surface area contributed by atoms with E-state index in [1.54, 1.807) is 42.5 Å². The number of phenols is 1. The Morgan fingerprint density at radius 2 is 1.63 bits per heavy atom. The fourth-order valence-electron chi connectivity index (χ4n) is 4.59. The number of para-hydroxylation sites is 2. The Morgan fingerprint density at radius 3 is 2.26 bits per heavy atom. The highest BCUT2D eigenvalue weighted by molar-refractivity contribution is 6.31. The summed E-state index contributed by atoms with van der Waals surface area (Å²) in [5, 5.41) is 22.7. The lowest BCUT2D eigenvalue weighted by Crippen LogP contribution is -2.31. The molecule has 0 radical (unpaired) electrons. The topological polar surface area (TPSA) is 119 Å². The summed E-state index contributed by atoms with van der Waals surface area (Å²) in [5.74, 6) is -1.88. The zero-order valence-corrected chi connectivity index (χ0v) is 21.3. The molecule has 4 aromatic rings. The van der Waals surface area contributed by atoms with Crippen LogP contribution in [0, 0.1) is 0 Å². The third-order valence-electron chi connectivity index (χ3n) is 6.30. The van der Waals surface area contributed by atoms with Gasteiger partial charge < -0.3 is 28.8 Å². The first-order valence-electron chi connectivity index (χ1n) is 11.4. The smallest absolute Gasteiger partial charge is 0.294 e. The fraction of sp³-hybridized carbons (Fsp3) is 0.143. The van der Waals surface area contributed by atoms with Crippen molar-refractivity contribution in [2.24, 2.45) is 0 Å². The maximum Gasteiger partial charge on any atom is 0.294 e. The minimum absolute atomic E-state index is 0.0852. The lowest BCUT2D eigenvalue weighted by Gasteiger charge is -2.28. The van der Waals surface area contributed by atoms with E-state index in [0.29, 0.717) is 27.3 Å². The van der Waals surface area contributed by atoms with E-state index in [2.05, 4.69) is 0 Å². The number of methoxy groups -OCH3 is 3. The van der Waals surface area contributed by atoms with Gasteiger partial charge in [-0.3, -0.25) is 14.5 Å². The summed E-state index contributed by atoms with van der Waals surface area (Å²) in [6.07, 6.45) is 0. The molecule has 2 heterocycles. The second-order valence-electron chi connectivity index (χ2n) is 8.41. The number of furan rings is 1. The summed E-state index contributed by atoms with van der Waals surface area (Å²) in [6.45, 7) is 0. The number of benzene rings is 3. The number of hydrogen-bond acceptors (Lipinski definition) is 8. The van der Waals surface area contributed by atoms with Crippen LogP contribution < -0.4 is 19.1 Å². The van der Waals surface area contributed by atoms with E-state index in [9.17, 15) is 19.8 Å². The van der Waals surface area contributed by atoms with Crippen LogP contribution in [-0.2, 0) is 4.79 Å². The van der Waals surface area contributed by atoms with E-state index in [4.69, 9.17) is 30.2 Å². The molecule has 1 atom stereocenters. The number of hydrogen-bond donors (Lipinski definition) is 2. The van der Waals surface area contributed by atoms with Crippen LogP contribution in [0.5, 0.6) is 23.0 Å². The number of anilines is 1. The number of aromatic hydroxyl groups is 1. The molecular formula is C28H22ClNO8. The molecule has 38 heavy (non-hydrogen) atoms. The van der Waals surface area contributed by atoms with E-state index < -0.39 is 23.5 Å². The van der Waals surface area contributed by atoms with Gasteiger partial charge in [0.25, 0.3) is 5.91 Å². The number of Topliss-reactive ketones (excluding diaryl/α,β-unsaturated/α-hetero) is 1. The van der Waals surface area contributed by atoms with Gasteiger partial charge in [0.15, 0.2) is 23.0 Å². The number of ether oxygens (including phenoxy) is 3. The van der Waals surface area contributed by atoms with Gasteiger partial charge in [0, 0.05) is 10.4 Å². The summed E-state index contributed by atoms with van der Waals surface area (Å²) < 4.78 is 22.1. The van der Waals surface area contributed by atoms with Gasteiger partial charge >= 0.3 is 0 Å².